The van der Waals surface area contributed by atoms with E-state index in [-0.39, 0.29) is 6.03 Å². The van der Waals surface area contributed by atoms with Crippen LogP contribution in [0.2, 0.25) is 0 Å². The van der Waals surface area contributed by atoms with E-state index in [2.05, 4.69) is 10.3 Å². The summed E-state index contributed by atoms with van der Waals surface area (Å²) in [7, 11) is 0. The first-order valence-corrected chi connectivity index (χ1v) is 6.14. The topological polar surface area (TPSA) is 87.5 Å². The van der Waals surface area contributed by atoms with E-state index in [0.717, 1.165) is 0 Å². The van der Waals surface area contributed by atoms with Gasteiger partial charge in [0.2, 0.25) is 0 Å². The molecule has 0 aliphatic heterocycles. The van der Waals surface area contributed by atoms with Gasteiger partial charge in [-0.25, -0.2) is 14.6 Å². The lowest BCUT2D eigenvalue weighted by molar-refractivity contribution is -0.147. The van der Waals surface area contributed by atoms with Gasteiger partial charge in [0.1, 0.15) is 5.54 Å². The fraction of sp³-hybridized carbons (Fsp3) is 0.583. The molecule has 1 aromatic heterocycles. The Morgan fingerprint density at radius 2 is 2.16 bits per heavy atom. The SMILES string of the molecule is CCN(C(=O)NCCn1ccnc1)C(C)(C)C(=O)O. The highest BCUT2D eigenvalue weighted by atomic mass is 16.4. The average molecular weight is 268 g/mol. The number of nitrogens with zero attached hydrogens (tertiary/aromatic N) is 3. The maximum absolute atomic E-state index is 12.0. The molecule has 0 unspecified atom stereocenters. The minimum atomic E-state index is -1.23. The van der Waals surface area contributed by atoms with Gasteiger partial charge in [-0.1, -0.05) is 0 Å². The predicted molar refractivity (Wildman–Crippen MR) is 69.7 cm³/mol. The highest BCUT2D eigenvalue weighted by Crippen LogP contribution is 2.14. The molecule has 0 spiro atoms. The third kappa shape index (κ3) is 3.70. The van der Waals surface area contributed by atoms with Gasteiger partial charge in [-0.15, -0.1) is 0 Å². The maximum Gasteiger partial charge on any atom is 0.329 e. The van der Waals surface area contributed by atoms with Crippen molar-refractivity contribution in [3.05, 3.63) is 18.7 Å². The van der Waals surface area contributed by atoms with Gasteiger partial charge in [-0.3, -0.25) is 0 Å². The molecule has 1 aromatic rings. The number of imidazole rings is 1. The van der Waals surface area contributed by atoms with Crippen molar-refractivity contribution in [2.75, 3.05) is 13.1 Å². The van der Waals surface area contributed by atoms with Crippen LogP contribution in [0.1, 0.15) is 20.8 Å². The molecule has 19 heavy (non-hydrogen) atoms. The summed E-state index contributed by atoms with van der Waals surface area (Å²) in [4.78, 5) is 28.3. The molecule has 1 rings (SSSR count). The molecular weight excluding hydrogens is 248 g/mol. The second-order valence-corrected chi connectivity index (χ2v) is 4.64. The summed E-state index contributed by atoms with van der Waals surface area (Å²) in [5.41, 5.74) is -1.23. The molecule has 0 aromatic carbocycles. The highest BCUT2D eigenvalue weighted by molar-refractivity contribution is 5.85. The number of hydrogen-bond acceptors (Lipinski definition) is 3. The number of carbonyl (C=O) groups excluding carboxylic acids is 1. The van der Waals surface area contributed by atoms with Crippen LogP contribution in [-0.2, 0) is 11.3 Å². The summed E-state index contributed by atoms with van der Waals surface area (Å²) in [5, 5.41) is 11.8. The zero-order chi connectivity index (χ0) is 14.5. The van der Waals surface area contributed by atoms with Crippen molar-refractivity contribution in [3.8, 4) is 0 Å². The minimum Gasteiger partial charge on any atom is -0.480 e. The van der Waals surface area contributed by atoms with Crippen molar-refractivity contribution in [1.29, 1.82) is 0 Å². The number of aromatic nitrogens is 2. The Kier molecular flexibility index (Phi) is 4.91. The van der Waals surface area contributed by atoms with E-state index in [4.69, 9.17) is 5.11 Å². The third-order valence-corrected chi connectivity index (χ3v) is 2.96. The van der Waals surface area contributed by atoms with E-state index >= 15 is 0 Å². The number of carbonyl (C=O) groups is 2. The molecule has 0 bridgehead atoms. The average Bonchev–Trinajstić information content (AvgIpc) is 2.82. The van der Waals surface area contributed by atoms with Crippen LogP contribution in [0.25, 0.3) is 0 Å². The van der Waals surface area contributed by atoms with Gasteiger partial charge >= 0.3 is 12.0 Å². The Bertz CT molecular complexity index is 428. The van der Waals surface area contributed by atoms with Gasteiger partial charge in [0, 0.05) is 32.0 Å². The Hall–Kier alpha value is -2.05. The molecule has 106 valence electrons. The van der Waals surface area contributed by atoms with E-state index in [1.807, 2.05) is 4.57 Å². The van der Waals surface area contributed by atoms with E-state index in [1.165, 1.54) is 18.7 Å². The Morgan fingerprint density at radius 1 is 1.47 bits per heavy atom. The normalized spacial score (nSPS) is 11.1. The molecular formula is C12H20N4O3. The number of rotatable bonds is 6. The van der Waals surface area contributed by atoms with Gasteiger partial charge < -0.3 is 19.9 Å². The highest BCUT2D eigenvalue weighted by Gasteiger charge is 2.36. The van der Waals surface area contributed by atoms with Crippen LogP contribution in [0.3, 0.4) is 0 Å². The fourth-order valence-electron chi connectivity index (χ4n) is 1.71. The zero-order valence-electron chi connectivity index (χ0n) is 11.5. The molecule has 2 amide bonds. The minimum absolute atomic E-state index is 0.330. The molecule has 0 radical (unpaired) electrons. The van der Waals surface area contributed by atoms with E-state index < -0.39 is 11.5 Å². The molecule has 2 N–H and O–H groups in total. The molecule has 7 nitrogen and oxygen atoms in total. The summed E-state index contributed by atoms with van der Waals surface area (Å²) >= 11 is 0. The Morgan fingerprint density at radius 3 is 2.63 bits per heavy atom. The third-order valence-electron chi connectivity index (χ3n) is 2.96. The van der Waals surface area contributed by atoms with Crippen molar-refractivity contribution < 1.29 is 14.7 Å². The number of amides is 2. The maximum atomic E-state index is 12.0. The molecule has 0 saturated carbocycles. The number of aliphatic carboxylic acids is 1. The second kappa shape index (κ2) is 6.21. The van der Waals surface area contributed by atoms with Crippen molar-refractivity contribution in [1.82, 2.24) is 19.8 Å². The summed E-state index contributed by atoms with van der Waals surface area (Å²) in [6.07, 6.45) is 5.11. The lowest BCUT2D eigenvalue weighted by atomic mass is 10.0. The first-order chi connectivity index (χ1) is 8.89. The Labute approximate surface area is 112 Å². The number of hydrogen-bond donors (Lipinski definition) is 2. The summed E-state index contributed by atoms with van der Waals surface area (Å²) in [6, 6.07) is -0.380. The number of urea groups is 1. The summed E-state index contributed by atoms with van der Waals surface area (Å²) in [5.74, 6) is -1.03. The molecule has 0 aliphatic rings. The van der Waals surface area contributed by atoms with Crippen LogP contribution < -0.4 is 5.32 Å². The molecule has 0 atom stereocenters. The van der Waals surface area contributed by atoms with Crippen LogP contribution in [0.5, 0.6) is 0 Å². The van der Waals surface area contributed by atoms with Gasteiger partial charge in [0.15, 0.2) is 0 Å². The van der Waals surface area contributed by atoms with Crippen LogP contribution in [0.15, 0.2) is 18.7 Å². The van der Waals surface area contributed by atoms with Crippen molar-refractivity contribution in [2.45, 2.75) is 32.9 Å². The summed E-state index contributed by atoms with van der Waals surface area (Å²) in [6.45, 7) is 6.11. The fourth-order valence-corrected chi connectivity index (χ4v) is 1.71. The smallest absolute Gasteiger partial charge is 0.329 e. The Balaban J connectivity index is 2.52. The number of nitrogens with one attached hydrogen (secondary N) is 1. The number of carboxylic acids is 1. The van der Waals surface area contributed by atoms with Crippen molar-refractivity contribution >= 4 is 12.0 Å². The first-order valence-electron chi connectivity index (χ1n) is 6.14. The lowest BCUT2D eigenvalue weighted by Gasteiger charge is -2.34. The molecule has 0 aliphatic carbocycles. The first kappa shape index (κ1) is 15.0. The standard InChI is InChI=1S/C12H20N4O3/c1-4-16(12(2,3)10(17)18)11(19)14-6-8-15-7-5-13-9-15/h5,7,9H,4,6,8H2,1-3H3,(H,14,19)(H,17,18). The van der Waals surface area contributed by atoms with Gasteiger partial charge in [-0.05, 0) is 20.8 Å². The molecule has 7 heteroatoms. The van der Waals surface area contributed by atoms with Gasteiger partial charge in [0.05, 0.1) is 6.33 Å². The second-order valence-electron chi connectivity index (χ2n) is 4.64. The number of likely N-dealkylation sites (N-methyl/N-ethyl adjacent to an activating group) is 1. The van der Waals surface area contributed by atoms with Crippen molar-refractivity contribution in [2.24, 2.45) is 0 Å². The van der Waals surface area contributed by atoms with Crippen LogP contribution >= 0.6 is 0 Å². The lowest BCUT2D eigenvalue weighted by Crippen LogP contribution is -2.56. The van der Waals surface area contributed by atoms with Gasteiger partial charge in [-0.2, -0.15) is 0 Å². The van der Waals surface area contributed by atoms with E-state index in [1.54, 1.807) is 25.6 Å². The molecule has 0 fully saturated rings. The summed E-state index contributed by atoms with van der Waals surface area (Å²) < 4.78 is 1.83. The van der Waals surface area contributed by atoms with Gasteiger partial charge in [0.25, 0.3) is 0 Å². The van der Waals surface area contributed by atoms with Crippen LogP contribution in [0, 0.1) is 0 Å². The molecule has 0 saturated heterocycles. The zero-order valence-corrected chi connectivity index (χ0v) is 11.5. The van der Waals surface area contributed by atoms with Crippen LogP contribution in [0.4, 0.5) is 4.79 Å². The quantitative estimate of drug-likeness (QED) is 0.798. The molecule has 1 heterocycles. The van der Waals surface area contributed by atoms with Crippen molar-refractivity contribution in [3.63, 3.8) is 0 Å². The largest absolute Gasteiger partial charge is 0.480 e. The van der Waals surface area contributed by atoms with Crippen LogP contribution in [-0.4, -0.2) is 50.2 Å². The van der Waals surface area contributed by atoms with E-state index in [0.29, 0.717) is 19.6 Å². The number of carboxylic acid groups (broad SMARTS) is 1. The van der Waals surface area contributed by atoms with E-state index in [9.17, 15) is 9.59 Å². The predicted octanol–water partition coefficient (Wildman–Crippen LogP) is 0.778. The monoisotopic (exact) mass is 268 g/mol.